The van der Waals surface area contributed by atoms with E-state index in [0.29, 0.717) is 17.2 Å². The smallest absolute Gasteiger partial charge is 0.230 e. The zero-order chi connectivity index (χ0) is 21.3. The second-order valence-corrected chi connectivity index (χ2v) is 7.65. The van der Waals surface area contributed by atoms with E-state index in [1.807, 2.05) is 41.1 Å². The molecule has 0 unspecified atom stereocenters. The van der Waals surface area contributed by atoms with Crippen LogP contribution in [0.4, 0.5) is 5.69 Å². The van der Waals surface area contributed by atoms with E-state index in [0.717, 1.165) is 27.5 Å². The molecule has 0 radical (unpaired) electrons. The Labute approximate surface area is 177 Å². The van der Waals surface area contributed by atoms with Crippen LogP contribution in [0, 0.1) is 6.92 Å². The zero-order valence-electron chi connectivity index (χ0n) is 16.8. The molecule has 2 aromatic heterocycles. The van der Waals surface area contributed by atoms with Crippen molar-refractivity contribution in [1.29, 1.82) is 0 Å². The average molecular weight is 423 g/mol. The van der Waals surface area contributed by atoms with E-state index in [1.54, 1.807) is 32.4 Å². The fraction of sp³-hybridized carbons (Fsp3) is 0.182. The number of aryl methyl sites for hydroxylation is 1. The summed E-state index contributed by atoms with van der Waals surface area (Å²) in [5, 5.41) is 14.6. The van der Waals surface area contributed by atoms with Gasteiger partial charge >= 0.3 is 0 Å². The number of fused-ring (bicyclic) bond motifs is 1. The summed E-state index contributed by atoms with van der Waals surface area (Å²) in [4.78, 5) is 18.0. The van der Waals surface area contributed by atoms with E-state index in [9.17, 15) is 9.90 Å². The van der Waals surface area contributed by atoms with Crippen LogP contribution in [0.25, 0.3) is 16.2 Å². The molecule has 0 spiro atoms. The average Bonchev–Trinajstić information content (AvgIpc) is 3.32. The molecular formula is C22H21N3O4S. The van der Waals surface area contributed by atoms with E-state index < -0.39 is 0 Å². The van der Waals surface area contributed by atoms with Crippen LogP contribution in [0.2, 0.25) is 0 Å². The Kier molecular flexibility index (Phi) is 5.33. The highest BCUT2D eigenvalue weighted by atomic mass is 32.1. The number of hydrogen-bond acceptors (Lipinski definition) is 6. The monoisotopic (exact) mass is 423 g/mol. The van der Waals surface area contributed by atoms with Gasteiger partial charge < -0.3 is 19.9 Å². The van der Waals surface area contributed by atoms with Crippen LogP contribution in [0.3, 0.4) is 0 Å². The number of carbonyl (C=O) groups is 1. The van der Waals surface area contributed by atoms with Gasteiger partial charge in [0.1, 0.15) is 17.2 Å². The SMILES string of the molecule is COc1ccc(OC)c(-c2cn3c(CC(=O)Nc4cc(C)ccc4O)csc3n2)c1. The number of thiazole rings is 1. The first-order valence-electron chi connectivity index (χ1n) is 9.26. The summed E-state index contributed by atoms with van der Waals surface area (Å²) in [5.41, 5.74) is 3.70. The van der Waals surface area contributed by atoms with Crippen LogP contribution in [-0.4, -0.2) is 34.6 Å². The third-order valence-electron chi connectivity index (χ3n) is 4.73. The predicted molar refractivity (Wildman–Crippen MR) is 117 cm³/mol. The minimum Gasteiger partial charge on any atom is -0.506 e. The molecule has 154 valence electrons. The highest BCUT2D eigenvalue weighted by Gasteiger charge is 2.16. The topological polar surface area (TPSA) is 85.1 Å². The molecule has 0 saturated heterocycles. The number of ether oxygens (including phenoxy) is 2. The number of rotatable bonds is 6. The normalized spacial score (nSPS) is 10.9. The summed E-state index contributed by atoms with van der Waals surface area (Å²) >= 11 is 1.46. The highest BCUT2D eigenvalue weighted by molar-refractivity contribution is 7.15. The Morgan fingerprint density at radius 2 is 2.03 bits per heavy atom. The number of amides is 1. The molecule has 0 bridgehead atoms. The van der Waals surface area contributed by atoms with Crippen LogP contribution in [0.15, 0.2) is 48.0 Å². The Hall–Kier alpha value is -3.52. The third-order valence-corrected chi connectivity index (χ3v) is 5.62. The fourth-order valence-electron chi connectivity index (χ4n) is 3.21. The Morgan fingerprint density at radius 1 is 1.20 bits per heavy atom. The van der Waals surface area contributed by atoms with Crippen molar-refractivity contribution in [2.45, 2.75) is 13.3 Å². The van der Waals surface area contributed by atoms with Gasteiger partial charge in [-0.05, 0) is 42.8 Å². The number of phenols is 1. The largest absolute Gasteiger partial charge is 0.506 e. The van der Waals surface area contributed by atoms with Crippen molar-refractivity contribution in [3.8, 4) is 28.5 Å². The lowest BCUT2D eigenvalue weighted by atomic mass is 10.1. The number of imidazole rings is 1. The predicted octanol–water partition coefficient (Wildman–Crippen LogP) is 4.28. The first-order valence-corrected chi connectivity index (χ1v) is 10.1. The lowest BCUT2D eigenvalue weighted by Gasteiger charge is -2.08. The van der Waals surface area contributed by atoms with Crippen LogP contribution in [0.5, 0.6) is 17.2 Å². The molecule has 7 nitrogen and oxygen atoms in total. The summed E-state index contributed by atoms with van der Waals surface area (Å²) in [5.74, 6) is 1.22. The summed E-state index contributed by atoms with van der Waals surface area (Å²) < 4.78 is 12.7. The summed E-state index contributed by atoms with van der Waals surface area (Å²) in [6.07, 6.45) is 2.04. The molecule has 0 saturated carbocycles. The second-order valence-electron chi connectivity index (χ2n) is 6.82. The van der Waals surface area contributed by atoms with Crippen molar-refractivity contribution in [1.82, 2.24) is 9.38 Å². The van der Waals surface area contributed by atoms with Gasteiger partial charge in [-0.3, -0.25) is 9.20 Å². The van der Waals surface area contributed by atoms with Crippen LogP contribution in [-0.2, 0) is 11.2 Å². The van der Waals surface area contributed by atoms with E-state index in [1.165, 1.54) is 11.3 Å². The van der Waals surface area contributed by atoms with E-state index in [2.05, 4.69) is 10.3 Å². The molecule has 0 fully saturated rings. The molecule has 2 aromatic carbocycles. The molecule has 1 amide bonds. The molecule has 0 aliphatic rings. The number of carbonyl (C=O) groups excluding carboxylic acids is 1. The summed E-state index contributed by atoms with van der Waals surface area (Å²) in [6, 6.07) is 10.6. The lowest BCUT2D eigenvalue weighted by molar-refractivity contribution is -0.115. The van der Waals surface area contributed by atoms with Crippen molar-refractivity contribution in [2.75, 3.05) is 19.5 Å². The minimum absolute atomic E-state index is 0.0412. The Bertz CT molecular complexity index is 1230. The van der Waals surface area contributed by atoms with Crippen molar-refractivity contribution < 1.29 is 19.4 Å². The van der Waals surface area contributed by atoms with Gasteiger partial charge in [0.25, 0.3) is 0 Å². The third kappa shape index (κ3) is 3.81. The van der Waals surface area contributed by atoms with E-state index in [4.69, 9.17) is 9.47 Å². The molecule has 2 N–H and O–H groups in total. The summed E-state index contributed by atoms with van der Waals surface area (Å²) in [6.45, 7) is 1.90. The number of methoxy groups -OCH3 is 2. The Balaban J connectivity index is 1.61. The fourth-order valence-corrected chi connectivity index (χ4v) is 4.08. The molecule has 4 aromatic rings. The van der Waals surface area contributed by atoms with Gasteiger partial charge in [0.15, 0.2) is 4.96 Å². The van der Waals surface area contributed by atoms with E-state index >= 15 is 0 Å². The van der Waals surface area contributed by atoms with Crippen LogP contribution in [0.1, 0.15) is 11.3 Å². The standard InChI is InChI=1S/C22H21N3O4S/c1-13-4-6-19(26)17(8-13)23-21(27)9-14-12-30-22-24-18(11-25(14)22)16-10-15(28-2)5-7-20(16)29-3/h4-8,10-12,26H,9H2,1-3H3,(H,23,27). The molecule has 30 heavy (non-hydrogen) atoms. The number of phenolic OH excluding ortho intramolecular Hbond substituents is 1. The molecule has 0 atom stereocenters. The van der Waals surface area contributed by atoms with Gasteiger partial charge in [-0.25, -0.2) is 4.98 Å². The first kappa shape index (κ1) is 19.8. The number of aromatic hydroxyl groups is 1. The maximum absolute atomic E-state index is 12.6. The summed E-state index contributed by atoms with van der Waals surface area (Å²) in [7, 11) is 3.22. The van der Waals surface area contributed by atoms with Crippen molar-refractivity contribution in [2.24, 2.45) is 0 Å². The Morgan fingerprint density at radius 3 is 2.80 bits per heavy atom. The lowest BCUT2D eigenvalue weighted by Crippen LogP contribution is -2.15. The number of nitrogens with one attached hydrogen (secondary N) is 1. The maximum Gasteiger partial charge on any atom is 0.230 e. The van der Waals surface area contributed by atoms with Crippen molar-refractivity contribution >= 4 is 27.9 Å². The van der Waals surface area contributed by atoms with E-state index in [-0.39, 0.29) is 18.1 Å². The van der Waals surface area contributed by atoms with Crippen LogP contribution < -0.4 is 14.8 Å². The number of nitrogens with zero attached hydrogens (tertiary/aromatic N) is 2. The number of hydrogen-bond donors (Lipinski definition) is 2. The molecule has 4 rings (SSSR count). The molecule has 2 heterocycles. The number of aromatic nitrogens is 2. The number of anilines is 1. The molecule has 0 aliphatic carbocycles. The maximum atomic E-state index is 12.6. The molecule has 0 aliphatic heterocycles. The van der Waals surface area contributed by atoms with Crippen LogP contribution >= 0.6 is 11.3 Å². The number of benzene rings is 2. The quantitative estimate of drug-likeness (QED) is 0.452. The van der Waals surface area contributed by atoms with Gasteiger partial charge in [-0.1, -0.05) is 6.07 Å². The molecular weight excluding hydrogens is 402 g/mol. The first-order chi connectivity index (χ1) is 14.5. The van der Waals surface area contributed by atoms with Crippen molar-refractivity contribution in [3.05, 3.63) is 59.2 Å². The second kappa shape index (κ2) is 8.08. The van der Waals surface area contributed by atoms with Crippen molar-refractivity contribution in [3.63, 3.8) is 0 Å². The zero-order valence-corrected chi connectivity index (χ0v) is 17.6. The minimum atomic E-state index is -0.218. The van der Waals surface area contributed by atoms with Gasteiger partial charge in [0.2, 0.25) is 5.91 Å². The van der Waals surface area contributed by atoms with Gasteiger partial charge in [0.05, 0.1) is 32.0 Å². The van der Waals surface area contributed by atoms with Gasteiger partial charge in [-0.2, -0.15) is 0 Å². The van der Waals surface area contributed by atoms with Gasteiger partial charge in [-0.15, -0.1) is 11.3 Å². The van der Waals surface area contributed by atoms with Gasteiger partial charge in [0, 0.05) is 22.8 Å². The highest BCUT2D eigenvalue weighted by Crippen LogP contribution is 2.34. The molecule has 8 heteroatoms.